The second-order valence-corrected chi connectivity index (χ2v) is 15.4. The first-order valence-corrected chi connectivity index (χ1v) is 18.1. The number of carboxylic acids is 1. The maximum absolute atomic E-state index is 12.5. The van der Waals surface area contributed by atoms with E-state index in [1.807, 2.05) is 12.1 Å². The van der Waals surface area contributed by atoms with Crippen LogP contribution in [-0.2, 0) is 35.2 Å². The molecule has 0 aliphatic carbocycles. The average Bonchev–Trinajstić information content (AvgIpc) is 3.76. The zero-order valence-electron chi connectivity index (χ0n) is 27.3. The number of carbonyl (C=O) groups excluding carboxylic acids is 2. The molecule has 0 aromatic carbocycles. The summed E-state index contributed by atoms with van der Waals surface area (Å²) in [5.74, 6) is -0.693. The van der Waals surface area contributed by atoms with Crippen LogP contribution in [-0.4, -0.2) is 62.3 Å². The number of allylic oxidation sites excluding steroid dienone is 2. The fourth-order valence-electron chi connectivity index (χ4n) is 4.70. The minimum Gasteiger partial charge on any atom is -0.753 e. The largest absolute Gasteiger partial charge is 2.00 e. The van der Waals surface area contributed by atoms with E-state index in [0.717, 1.165) is 11.6 Å². The number of thiocarbonyl (C=S) groups is 1. The summed E-state index contributed by atoms with van der Waals surface area (Å²) in [6.45, 7) is 5.00. The van der Waals surface area contributed by atoms with Gasteiger partial charge in [0.25, 0.3) is 12.9 Å². The molecule has 0 saturated carbocycles. The van der Waals surface area contributed by atoms with Gasteiger partial charge in [-0.15, -0.1) is 0 Å². The fourth-order valence-corrected chi connectivity index (χ4v) is 6.87. The van der Waals surface area contributed by atoms with E-state index in [1.165, 1.54) is 59.1 Å². The number of pyridine rings is 4. The first-order valence-electron chi connectivity index (χ1n) is 14.6. The van der Waals surface area contributed by atoms with E-state index >= 15 is 0 Å². The van der Waals surface area contributed by atoms with Crippen LogP contribution >= 0.6 is 12.2 Å². The van der Waals surface area contributed by atoms with E-state index < -0.39 is 25.9 Å². The molecule has 5 aromatic heterocycles. The first-order chi connectivity index (χ1) is 24.8. The Hall–Kier alpha value is -5.87. The molecule has 0 spiro atoms. The SMILES string of the molecule is C[Si]1(C)C=CC=C1c1ccc(-c2cc(C(F)(F)F)n[n-]2)nc1.O=COc1ccnc(-c2cc(OC=O)cc(-c3cc(C(=O)O)ccn3)n2)c1.[N-]=C=S.[Ru+2]. The minimum atomic E-state index is -4.48. The van der Waals surface area contributed by atoms with Gasteiger partial charge in [0.2, 0.25) is 0 Å². The average molecular weight is 845 g/mol. The third-order valence-corrected chi connectivity index (χ3v) is 9.94. The Bertz CT molecular complexity index is 2190. The van der Waals surface area contributed by atoms with E-state index in [1.54, 1.807) is 12.3 Å². The number of aromatic carboxylic acids is 1. The zero-order valence-corrected chi connectivity index (χ0v) is 30.9. The molecule has 0 atom stereocenters. The predicted octanol–water partition coefficient (Wildman–Crippen LogP) is 6.49. The minimum absolute atomic E-state index is 0. The van der Waals surface area contributed by atoms with Crippen molar-refractivity contribution in [2.45, 2.75) is 19.3 Å². The second-order valence-electron chi connectivity index (χ2n) is 10.9. The molecule has 270 valence electrons. The van der Waals surface area contributed by atoms with Crippen molar-refractivity contribution in [2.24, 2.45) is 0 Å². The normalized spacial score (nSPS) is 12.3. The monoisotopic (exact) mass is 845 g/mol. The maximum atomic E-state index is 12.5. The summed E-state index contributed by atoms with van der Waals surface area (Å²) < 4.78 is 47.3. The Labute approximate surface area is 318 Å². The molecule has 1 aliphatic heterocycles. The number of isothiocyanates is 1. The molecule has 53 heavy (non-hydrogen) atoms. The maximum Gasteiger partial charge on any atom is 2.00 e. The Morgan fingerprint density at radius 1 is 0.906 bits per heavy atom. The van der Waals surface area contributed by atoms with Gasteiger partial charge >= 0.3 is 31.6 Å². The number of nitrogens with zero attached hydrogens (tertiary/aromatic N) is 7. The number of halogens is 3. The smallest absolute Gasteiger partial charge is 0.753 e. The van der Waals surface area contributed by atoms with Crippen LogP contribution in [0.3, 0.4) is 0 Å². The Morgan fingerprint density at radius 3 is 2.04 bits per heavy atom. The molecule has 1 aliphatic rings. The standard InChI is InChI=1S/C18H11N3O6.C15H13F3N3Si.CNS.Ru/c22-9-26-12-2-4-20-15(6-12)17-8-13(27-10-23)7-16(21-17)14-5-11(18(24)25)1-3-19-14;1-22(2)7-3-4-13(22)10-5-6-11(19-9-10)12-8-14(21-20-12)15(16,17)18;2-1-3;/h1-10H,(H,24,25);3-9H,1-2H3;;/q;2*-1;+2. The van der Waals surface area contributed by atoms with Crippen molar-refractivity contribution in [1.29, 1.82) is 0 Å². The summed E-state index contributed by atoms with van der Waals surface area (Å²) in [5, 5.41) is 25.6. The summed E-state index contributed by atoms with van der Waals surface area (Å²) in [5.41, 5.74) is 3.99. The molecule has 1 N–H and O–H groups in total. The van der Waals surface area contributed by atoms with Crippen LogP contribution < -0.4 is 14.6 Å². The summed E-state index contributed by atoms with van der Waals surface area (Å²) in [6.07, 6.45) is 4.09. The number of ether oxygens (including phenoxy) is 2. The van der Waals surface area contributed by atoms with Gasteiger partial charge in [-0.3, -0.25) is 24.5 Å². The molecule has 6 heterocycles. The quantitative estimate of drug-likeness (QED) is 0.0734. The van der Waals surface area contributed by atoms with E-state index in [0.29, 0.717) is 17.1 Å². The van der Waals surface area contributed by atoms with E-state index in [4.69, 9.17) is 20.0 Å². The molecule has 0 saturated heterocycles. The Kier molecular flexibility index (Phi) is 14.6. The number of alkyl halides is 3. The van der Waals surface area contributed by atoms with Crippen LogP contribution in [0.2, 0.25) is 13.1 Å². The predicted molar refractivity (Wildman–Crippen MR) is 187 cm³/mol. The third kappa shape index (κ3) is 11.1. The van der Waals surface area contributed by atoms with Gasteiger partial charge in [-0.05, 0) is 41.1 Å². The Morgan fingerprint density at radius 2 is 1.51 bits per heavy atom. The van der Waals surface area contributed by atoms with E-state index in [-0.39, 0.29) is 66.6 Å². The van der Waals surface area contributed by atoms with Crippen LogP contribution in [0, 0.1) is 0 Å². The number of hydrogen-bond acceptors (Lipinski definition) is 11. The number of carboxylic acid groups (broad SMARTS) is 1. The Balaban J connectivity index is 0.000000265. The summed E-state index contributed by atoms with van der Waals surface area (Å²) in [4.78, 5) is 49.3. The number of carbonyl (C=O) groups is 3. The van der Waals surface area contributed by atoms with Crippen molar-refractivity contribution in [3.05, 3.63) is 113 Å². The molecule has 13 nitrogen and oxygen atoms in total. The van der Waals surface area contributed by atoms with Gasteiger partial charge in [0.1, 0.15) is 25.3 Å². The van der Waals surface area contributed by atoms with E-state index in [2.05, 4.69) is 67.2 Å². The molecule has 19 heteroatoms. The molecule has 5 aromatic rings. The molecule has 6 rings (SSSR count). The van der Waals surface area contributed by atoms with Crippen molar-refractivity contribution in [3.63, 3.8) is 0 Å². The zero-order chi connectivity index (χ0) is 37.9. The van der Waals surface area contributed by atoms with Crippen LogP contribution in [0.25, 0.3) is 44.8 Å². The first kappa shape index (κ1) is 41.6. The van der Waals surface area contributed by atoms with Crippen molar-refractivity contribution in [3.8, 4) is 45.7 Å². The van der Waals surface area contributed by atoms with Gasteiger partial charge in [0.15, 0.2) is 0 Å². The molecule has 0 radical (unpaired) electrons. The molecule has 0 fully saturated rings. The van der Waals surface area contributed by atoms with Crippen molar-refractivity contribution in [2.75, 3.05) is 0 Å². The number of hydrogen-bond donors (Lipinski definition) is 1. The van der Waals surface area contributed by atoms with Gasteiger partial charge in [-0.1, -0.05) is 54.9 Å². The molecular formula is C34H24F3N7O6RuSSi. The second kappa shape index (κ2) is 18.6. The van der Waals surface area contributed by atoms with Gasteiger partial charge in [-0.25, -0.2) is 9.78 Å². The van der Waals surface area contributed by atoms with Gasteiger partial charge in [0.05, 0.1) is 28.3 Å². The van der Waals surface area contributed by atoms with Gasteiger partial charge in [0, 0.05) is 42.5 Å². The fraction of sp³-hybridized carbons (Fsp3) is 0.0882. The van der Waals surface area contributed by atoms with Crippen LogP contribution in [0.1, 0.15) is 21.6 Å². The van der Waals surface area contributed by atoms with Crippen molar-refractivity contribution in [1.82, 2.24) is 30.1 Å². The van der Waals surface area contributed by atoms with Crippen LogP contribution in [0.4, 0.5) is 13.2 Å². The summed E-state index contributed by atoms with van der Waals surface area (Å²) in [6, 6.07) is 13.0. The summed E-state index contributed by atoms with van der Waals surface area (Å²) in [7, 11) is -1.56. The van der Waals surface area contributed by atoms with Gasteiger partial charge < -0.3 is 30.2 Å². The number of aromatic nitrogens is 6. The third-order valence-electron chi connectivity index (χ3n) is 7.07. The van der Waals surface area contributed by atoms with Crippen molar-refractivity contribution >= 4 is 49.6 Å². The molecule has 0 unspecified atom stereocenters. The number of rotatable bonds is 9. The molecule has 0 bridgehead atoms. The van der Waals surface area contributed by atoms with Crippen LogP contribution in [0.5, 0.6) is 11.5 Å². The molecule has 0 amide bonds. The van der Waals surface area contributed by atoms with Crippen molar-refractivity contribution < 1.29 is 61.6 Å². The van der Waals surface area contributed by atoms with E-state index in [9.17, 15) is 27.6 Å². The van der Waals surface area contributed by atoms with Gasteiger partial charge in [-0.2, -0.15) is 18.3 Å². The summed E-state index contributed by atoms with van der Waals surface area (Å²) >= 11 is 3.70. The topological polar surface area (TPSA) is 191 Å². The van der Waals surface area contributed by atoms with Crippen LogP contribution in [0.15, 0.2) is 91.0 Å². The molecular weight excluding hydrogens is 821 g/mol.